The number of rotatable bonds is 5. The maximum absolute atomic E-state index is 11.2. The summed E-state index contributed by atoms with van der Waals surface area (Å²) in [5.74, 6) is -0.385. The van der Waals surface area contributed by atoms with E-state index in [4.69, 9.17) is 4.74 Å². The van der Waals surface area contributed by atoms with E-state index in [1.807, 2.05) is 18.2 Å². The number of esters is 1. The van der Waals surface area contributed by atoms with E-state index < -0.39 is 0 Å². The smallest absolute Gasteiger partial charge is 0.330 e. The van der Waals surface area contributed by atoms with E-state index in [0.717, 1.165) is 5.56 Å². The zero-order chi connectivity index (χ0) is 15.3. The van der Waals surface area contributed by atoms with Crippen molar-refractivity contribution in [2.24, 2.45) is 0 Å². The Balaban J connectivity index is 2.14. The van der Waals surface area contributed by atoms with Gasteiger partial charge in [-0.05, 0) is 16.7 Å². The number of carbonyl (C=O) groups is 1. The molecule has 0 amide bonds. The van der Waals surface area contributed by atoms with Crippen molar-refractivity contribution in [3.63, 3.8) is 0 Å². The van der Waals surface area contributed by atoms with E-state index in [9.17, 15) is 4.79 Å². The first kappa shape index (κ1) is 15.0. The normalized spacial score (nSPS) is 11.0. The molecule has 0 aliphatic rings. The third-order valence-electron chi connectivity index (χ3n) is 3.52. The van der Waals surface area contributed by atoms with Crippen molar-refractivity contribution in [2.45, 2.75) is 19.3 Å². The first-order valence-corrected chi connectivity index (χ1v) is 6.98. The van der Waals surface area contributed by atoms with Crippen LogP contribution in [0.1, 0.15) is 19.4 Å². The van der Waals surface area contributed by atoms with Gasteiger partial charge >= 0.3 is 5.97 Å². The summed E-state index contributed by atoms with van der Waals surface area (Å²) in [4.78, 5) is 11.2. The molecule has 0 spiro atoms. The van der Waals surface area contributed by atoms with Crippen LogP contribution < -0.4 is 0 Å². The van der Waals surface area contributed by atoms with Gasteiger partial charge in [0.25, 0.3) is 0 Å². The summed E-state index contributed by atoms with van der Waals surface area (Å²) in [5, 5.41) is 0. The van der Waals surface area contributed by atoms with Crippen LogP contribution in [-0.2, 0) is 14.9 Å². The van der Waals surface area contributed by atoms with E-state index in [1.165, 1.54) is 17.2 Å². The summed E-state index contributed by atoms with van der Waals surface area (Å²) in [6.07, 6.45) is 1.19. The van der Waals surface area contributed by atoms with E-state index in [2.05, 4.69) is 56.8 Å². The Morgan fingerprint density at radius 1 is 1.05 bits per heavy atom. The van der Waals surface area contributed by atoms with Crippen molar-refractivity contribution >= 4 is 5.97 Å². The molecule has 2 rings (SSSR count). The summed E-state index contributed by atoms with van der Waals surface area (Å²) in [5.41, 5.74) is 3.28. The van der Waals surface area contributed by atoms with Crippen LogP contribution in [0.4, 0.5) is 0 Å². The molecule has 0 saturated heterocycles. The minimum Gasteiger partial charge on any atom is -0.462 e. The predicted molar refractivity (Wildman–Crippen MR) is 86.1 cm³/mol. The fraction of sp³-hybridized carbons (Fsp3) is 0.211. The highest BCUT2D eigenvalue weighted by atomic mass is 16.5. The third-order valence-corrected chi connectivity index (χ3v) is 3.52. The van der Waals surface area contributed by atoms with Crippen LogP contribution in [0.15, 0.2) is 67.3 Å². The molecule has 2 aromatic rings. The summed E-state index contributed by atoms with van der Waals surface area (Å²) < 4.78 is 5.17. The van der Waals surface area contributed by atoms with E-state index in [1.54, 1.807) is 0 Å². The number of benzene rings is 2. The minimum atomic E-state index is -0.385. The van der Waals surface area contributed by atoms with Gasteiger partial charge in [0.15, 0.2) is 0 Å². The topological polar surface area (TPSA) is 26.3 Å². The van der Waals surface area contributed by atoms with E-state index in [0.29, 0.717) is 6.61 Å². The van der Waals surface area contributed by atoms with Crippen LogP contribution in [-0.4, -0.2) is 12.6 Å². The largest absolute Gasteiger partial charge is 0.462 e. The van der Waals surface area contributed by atoms with Gasteiger partial charge < -0.3 is 4.74 Å². The van der Waals surface area contributed by atoms with Gasteiger partial charge in [-0.3, -0.25) is 0 Å². The molecule has 0 fully saturated rings. The fourth-order valence-corrected chi connectivity index (χ4v) is 2.14. The lowest BCUT2D eigenvalue weighted by Gasteiger charge is -2.24. The monoisotopic (exact) mass is 280 g/mol. The average Bonchev–Trinajstić information content (AvgIpc) is 2.53. The highest BCUT2D eigenvalue weighted by molar-refractivity contribution is 5.81. The molecule has 0 aliphatic heterocycles. The molecule has 2 heteroatoms. The molecule has 21 heavy (non-hydrogen) atoms. The van der Waals surface area contributed by atoms with Crippen molar-refractivity contribution in [2.75, 3.05) is 6.61 Å². The van der Waals surface area contributed by atoms with Crippen molar-refractivity contribution in [3.05, 3.63) is 72.8 Å². The molecule has 0 atom stereocenters. The SMILES string of the molecule is C=CC(=O)OCC(C)(C)c1ccc(-c2ccccc2)cc1. The second-order valence-electron chi connectivity index (χ2n) is 5.64. The Kier molecular flexibility index (Phi) is 4.59. The molecule has 0 aliphatic carbocycles. The van der Waals surface area contributed by atoms with E-state index in [-0.39, 0.29) is 11.4 Å². The van der Waals surface area contributed by atoms with Gasteiger partial charge in [0.05, 0.1) is 0 Å². The lowest BCUT2D eigenvalue weighted by Crippen LogP contribution is -2.25. The summed E-state index contributed by atoms with van der Waals surface area (Å²) in [6, 6.07) is 18.6. The molecule has 0 saturated carbocycles. The van der Waals surface area contributed by atoms with Crippen molar-refractivity contribution in [1.82, 2.24) is 0 Å². The predicted octanol–water partition coefficient (Wildman–Crippen LogP) is 4.36. The number of hydrogen-bond donors (Lipinski definition) is 0. The number of carbonyl (C=O) groups excluding carboxylic acids is 1. The van der Waals surface area contributed by atoms with Crippen LogP contribution in [0.5, 0.6) is 0 Å². The molecule has 0 heterocycles. The fourth-order valence-electron chi connectivity index (χ4n) is 2.14. The zero-order valence-electron chi connectivity index (χ0n) is 12.5. The molecule has 0 radical (unpaired) electrons. The van der Waals surface area contributed by atoms with E-state index >= 15 is 0 Å². The first-order chi connectivity index (χ1) is 10.0. The van der Waals surface area contributed by atoms with Crippen LogP contribution in [0.3, 0.4) is 0 Å². The van der Waals surface area contributed by atoms with Crippen LogP contribution in [0.2, 0.25) is 0 Å². The molecule has 2 nitrogen and oxygen atoms in total. The molecular weight excluding hydrogens is 260 g/mol. The number of hydrogen-bond acceptors (Lipinski definition) is 2. The lowest BCUT2D eigenvalue weighted by atomic mass is 9.85. The van der Waals surface area contributed by atoms with Gasteiger partial charge in [0.2, 0.25) is 0 Å². The molecule has 2 aromatic carbocycles. The maximum Gasteiger partial charge on any atom is 0.330 e. The van der Waals surface area contributed by atoms with Gasteiger partial charge in [0.1, 0.15) is 6.61 Å². The van der Waals surface area contributed by atoms with Crippen molar-refractivity contribution in [3.8, 4) is 11.1 Å². The Labute approximate surface area is 126 Å². The molecule has 0 bridgehead atoms. The van der Waals surface area contributed by atoms with Gasteiger partial charge in [-0.2, -0.15) is 0 Å². The Morgan fingerprint density at radius 2 is 1.62 bits per heavy atom. The van der Waals surface area contributed by atoms with Crippen molar-refractivity contribution < 1.29 is 9.53 Å². The molecule has 108 valence electrons. The Morgan fingerprint density at radius 3 is 2.19 bits per heavy atom. The minimum absolute atomic E-state index is 0.228. The maximum atomic E-state index is 11.2. The molecule has 0 N–H and O–H groups in total. The van der Waals surface area contributed by atoms with Gasteiger partial charge in [-0.25, -0.2) is 4.79 Å². The second-order valence-corrected chi connectivity index (χ2v) is 5.64. The second kappa shape index (κ2) is 6.40. The van der Waals surface area contributed by atoms with Crippen molar-refractivity contribution in [1.29, 1.82) is 0 Å². The van der Waals surface area contributed by atoms with Crippen LogP contribution in [0.25, 0.3) is 11.1 Å². The highest BCUT2D eigenvalue weighted by Crippen LogP contribution is 2.27. The van der Waals surface area contributed by atoms with Gasteiger partial charge in [-0.15, -0.1) is 0 Å². The third kappa shape index (κ3) is 3.82. The lowest BCUT2D eigenvalue weighted by molar-refractivity contribution is -0.139. The summed E-state index contributed by atoms with van der Waals surface area (Å²) in [6.45, 7) is 7.85. The summed E-state index contributed by atoms with van der Waals surface area (Å²) >= 11 is 0. The summed E-state index contributed by atoms with van der Waals surface area (Å²) in [7, 11) is 0. The van der Waals surface area contributed by atoms with Crippen LogP contribution in [0, 0.1) is 0 Å². The molecule has 0 unspecified atom stereocenters. The standard InChI is InChI=1S/C19H20O2/c1-4-18(20)21-14-19(2,3)17-12-10-16(11-13-17)15-8-6-5-7-9-15/h4-13H,1,14H2,2-3H3. The molecule has 0 aromatic heterocycles. The highest BCUT2D eigenvalue weighted by Gasteiger charge is 2.22. The Hall–Kier alpha value is -2.35. The Bertz CT molecular complexity index is 610. The first-order valence-electron chi connectivity index (χ1n) is 6.98. The van der Waals surface area contributed by atoms with Gasteiger partial charge in [-0.1, -0.05) is 75.0 Å². The van der Waals surface area contributed by atoms with Gasteiger partial charge in [0, 0.05) is 11.5 Å². The number of ether oxygens (including phenoxy) is 1. The zero-order valence-corrected chi connectivity index (χ0v) is 12.5. The van der Waals surface area contributed by atoms with Crippen LogP contribution >= 0.6 is 0 Å². The molecular formula is C19H20O2. The average molecular weight is 280 g/mol. The quantitative estimate of drug-likeness (QED) is 0.601.